The molecule has 2 aromatic carbocycles. The first-order valence-corrected chi connectivity index (χ1v) is 8.92. The van der Waals surface area contributed by atoms with Gasteiger partial charge in [0.1, 0.15) is 5.03 Å². The maximum absolute atomic E-state index is 12.6. The Morgan fingerprint density at radius 2 is 1.75 bits per heavy atom. The SMILES string of the molecule is CSc1ncccc1C(=O)Nc1ccccc1Cc1ccccc1. The van der Waals surface area contributed by atoms with Gasteiger partial charge in [-0.15, -0.1) is 11.8 Å². The molecule has 1 amide bonds. The fraction of sp³-hybridized carbons (Fsp3) is 0.100. The normalized spacial score (nSPS) is 10.4. The molecule has 0 atom stereocenters. The summed E-state index contributed by atoms with van der Waals surface area (Å²) in [6, 6.07) is 21.7. The molecule has 0 saturated heterocycles. The zero-order valence-electron chi connectivity index (χ0n) is 13.4. The van der Waals surface area contributed by atoms with Gasteiger partial charge in [0.05, 0.1) is 5.56 Å². The number of nitrogens with zero attached hydrogens (tertiary/aromatic N) is 1. The van der Waals surface area contributed by atoms with Gasteiger partial charge in [0.15, 0.2) is 0 Å². The molecule has 0 aliphatic heterocycles. The van der Waals surface area contributed by atoms with Gasteiger partial charge in [-0.25, -0.2) is 4.98 Å². The molecule has 3 aromatic rings. The van der Waals surface area contributed by atoms with Gasteiger partial charge in [0.25, 0.3) is 5.91 Å². The summed E-state index contributed by atoms with van der Waals surface area (Å²) in [5, 5.41) is 3.76. The number of anilines is 1. The maximum Gasteiger partial charge on any atom is 0.258 e. The third-order valence-electron chi connectivity index (χ3n) is 3.71. The second-order valence-electron chi connectivity index (χ2n) is 5.33. The molecular formula is C20H18N2OS. The largest absolute Gasteiger partial charge is 0.322 e. The van der Waals surface area contributed by atoms with E-state index >= 15 is 0 Å². The Kier molecular flexibility index (Phi) is 5.29. The van der Waals surface area contributed by atoms with Crippen molar-refractivity contribution in [1.82, 2.24) is 4.98 Å². The minimum absolute atomic E-state index is 0.132. The topological polar surface area (TPSA) is 42.0 Å². The number of hydrogen-bond donors (Lipinski definition) is 1. The molecule has 0 fully saturated rings. The summed E-state index contributed by atoms with van der Waals surface area (Å²) in [6.07, 6.45) is 4.40. The van der Waals surface area contributed by atoms with Crippen LogP contribution in [-0.4, -0.2) is 17.1 Å². The fourth-order valence-electron chi connectivity index (χ4n) is 2.53. The lowest BCUT2D eigenvalue weighted by Gasteiger charge is -2.12. The second-order valence-corrected chi connectivity index (χ2v) is 6.13. The summed E-state index contributed by atoms with van der Waals surface area (Å²) < 4.78 is 0. The van der Waals surface area contributed by atoms with Crippen LogP contribution >= 0.6 is 11.8 Å². The van der Waals surface area contributed by atoms with Crippen LogP contribution in [0.15, 0.2) is 78.0 Å². The highest BCUT2D eigenvalue weighted by Crippen LogP contribution is 2.22. The van der Waals surface area contributed by atoms with Crippen LogP contribution < -0.4 is 5.32 Å². The van der Waals surface area contributed by atoms with Crippen LogP contribution in [0.5, 0.6) is 0 Å². The summed E-state index contributed by atoms with van der Waals surface area (Å²) in [6.45, 7) is 0. The molecule has 1 heterocycles. The monoisotopic (exact) mass is 334 g/mol. The van der Waals surface area contributed by atoms with E-state index in [0.29, 0.717) is 5.56 Å². The Hall–Kier alpha value is -2.59. The lowest BCUT2D eigenvalue weighted by molar-refractivity contribution is 0.102. The standard InChI is InChI=1S/C20H18N2OS/c1-24-20-17(11-7-13-21-20)19(23)22-18-12-6-5-10-16(18)14-15-8-3-2-4-9-15/h2-13H,14H2,1H3,(H,22,23). The van der Waals surface area contributed by atoms with Gasteiger partial charge in [-0.2, -0.15) is 0 Å². The summed E-state index contributed by atoms with van der Waals surface area (Å²) in [4.78, 5) is 16.9. The Morgan fingerprint density at radius 3 is 2.54 bits per heavy atom. The number of nitrogens with one attached hydrogen (secondary N) is 1. The van der Waals surface area contributed by atoms with Gasteiger partial charge in [0.2, 0.25) is 0 Å². The number of aromatic nitrogens is 1. The first kappa shape index (κ1) is 16.3. The summed E-state index contributed by atoms with van der Waals surface area (Å²) in [5.41, 5.74) is 3.73. The number of pyridine rings is 1. The van der Waals surface area contributed by atoms with Gasteiger partial charge in [-0.3, -0.25) is 4.79 Å². The van der Waals surface area contributed by atoms with E-state index in [4.69, 9.17) is 0 Å². The van der Waals surface area contributed by atoms with Crippen molar-refractivity contribution < 1.29 is 4.79 Å². The van der Waals surface area contributed by atoms with Crippen molar-refractivity contribution in [3.05, 3.63) is 89.6 Å². The van der Waals surface area contributed by atoms with Crippen LogP contribution in [0.2, 0.25) is 0 Å². The molecule has 3 nitrogen and oxygen atoms in total. The zero-order chi connectivity index (χ0) is 16.8. The average Bonchev–Trinajstić information content (AvgIpc) is 2.64. The van der Waals surface area contributed by atoms with Crippen molar-refractivity contribution in [2.45, 2.75) is 11.4 Å². The maximum atomic E-state index is 12.6. The number of thioether (sulfide) groups is 1. The van der Waals surface area contributed by atoms with Gasteiger partial charge in [0, 0.05) is 11.9 Å². The van der Waals surface area contributed by atoms with E-state index in [0.717, 1.165) is 22.7 Å². The van der Waals surface area contributed by atoms with Crippen molar-refractivity contribution in [3.63, 3.8) is 0 Å². The molecular weight excluding hydrogens is 316 g/mol. The van der Waals surface area contributed by atoms with E-state index in [1.54, 1.807) is 18.3 Å². The molecule has 120 valence electrons. The van der Waals surface area contributed by atoms with Gasteiger partial charge >= 0.3 is 0 Å². The van der Waals surface area contributed by atoms with Gasteiger partial charge in [-0.05, 0) is 42.0 Å². The Labute approximate surface area is 146 Å². The number of rotatable bonds is 5. The quantitative estimate of drug-likeness (QED) is 0.691. The number of hydrogen-bond acceptors (Lipinski definition) is 3. The minimum Gasteiger partial charge on any atom is -0.322 e. The molecule has 0 unspecified atom stereocenters. The second kappa shape index (κ2) is 7.79. The van der Waals surface area contributed by atoms with Crippen LogP contribution in [0, 0.1) is 0 Å². The average molecular weight is 334 g/mol. The number of carbonyl (C=O) groups is 1. The minimum atomic E-state index is -0.132. The number of amides is 1. The lowest BCUT2D eigenvalue weighted by atomic mass is 10.0. The lowest BCUT2D eigenvalue weighted by Crippen LogP contribution is -2.15. The van der Waals surface area contributed by atoms with Crippen molar-refractivity contribution >= 4 is 23.4 Å². The molecule has 24 heavy (non-hydrogen) atoms. The number of carbonyl (C=O) groups excluding carboxylic acids is 1. The van der Waals surface area contributed by atoms with E-state index in [-0.39, 0.29) is 5.91 Å². The van der Waals surface area contributed by atoms with Crippen molar-refractivity contribution in [2.75, 3.05) is 11.6 Å². The van der Waals surface area contributed by atoms with E-state index in [9.17, 15) is 4.79 Å². The summed E-state index contributed by atoms with van der Waals surface area (Å²) in [5.74, 6) is -0.132. The molecule has 0 bridgehead atoms. The van der Waals surface area contributed by atoms with Crippen LogP contribution in [0.4, 0.5) is 5.69 Å². The third kappa shape index (κ3) is 3.84. The Balaban J connectivity index is 1.84. The predicted molar refractivity (Wildman–Crippen MR) is 99.7 cm³/mol. The highest BCUT2D eigenvalue weighted by atomic mass is 32.2. The Bertz CT molecular complexity index is 834. The molecule has 0 aliphatic carbocycles. The molecule has 0 spiro atoms. The van der Waals surface area contributed by atoms with Crippen molar-refractivity contribution in [3.8, 4) is 0 Å². The van der Waals surface area contributed by atoms with E-state index in [1.165, 1.54) is 17.3 Å². The van der Waals surface area contributed by atoms with Crippen molar-refractivity contribution in [1.29, 1.82) is 0 Å². The van der Waals surface area contributed by atoms with Crippen LogP contribution in [0.1, 0.15) is 21.5 Å². The highest BCUT2D eigenvalue weighted by Gasteiger charge is 2.13. The van der Waals surface area contributed by atoms with Crippen LogP contribution in [0.25, 0.3) is 0 Å². The highest BCUT2D eigenvalue weighted by molar-refractivity contribution is 7.98. The van der Waals surface area contributed by atoms with E-state index in [2.05, 4.69) is 22.4 Å². The molecule has 0 radical (unpaired) electrons. The molecule has 1 aromatic heterocycles. The van der Waals surface area contributed by atoms with Gasteiger partial charge < -0.3 is 5.32 Å². The number of para-hydroxylation sites is 1. The molecule has 0 saturated carbocycles. The first-order valence-electron chi connectivity index (χ1n) is 7.70. The Morgan fingerprint density at radius 1 is 1.00 bits per heavy atom. The molecule has 1 N–H and O–H groups in total. The van der Waals surface area contributed by atoms with E-state index in [1.807, 2.05) is 48.7 Å². The van der Waals surface area contributed by atoms with E-state index < -0.39 is 0 Å². The first-order chi connectivity index (χ1) is 11.8. The third-order valence-corrected chi connectivity index (χ3v) is 4.42. The summed E-state index contributed by atoms with van der Waals surface area (Å²) in [7, 11) is 0. The fourth-order valence-corrected chi connectivity index (χ4v) is 3.08. The molecule has 3 rings (SSSR count). The molecule has 0 aliphatic rings. The predicted octanol–water partition coefficient (Wildman–Crippen LogP) is 4.65. The smallest absolute Gasteiger partial charge is 0.258 e. The van der Waals surface area contributed by atoms with Gasteiger partial charge in [-0.1, -0.05) is 48.5 Å². The molecule has 4 heteroatoms. The zero-order valence-corrected chi connectivity index (χ0v) is 14.2. The summed E-state index contributed by atoms with van der Waals surface area (Å²) >= 11 is 1.47. The van der Waals surface area contributed by atoms with Crippen LogP contribution in [-0.2, 0) is 6.42 Å². The number of benzene rings is 2. The van der Waals surface area contributed by atoms with Crippen molar-refractivity contribution in [2.24, 2.45) is 0 Å². The van der Waals surface area contributed by atoms with Crippen LogP contribution in [0.3, 0.4) is 0 Å².